The molecule has 0 aromatic heterocycles. The molecule has 0 aliphatic carbocycles. The quantitative estimate of drug-likeness (QED) is 0.802. The van der Waals surface area contributed by atoms with Crippen molar-refractivity contribution in [3.05, 3.63) is 35.4 Å². The highest BCUT2D eigenvalue weighted by atomic mass is 16.3. The Hall–Kier alpha value is -0.820. The van der Waals surface area contributed by atoms with Crippen LogP contribution in [0.1, 0.15) is 45.2 Å². The smallest absolute Gasteiger partial charge is 0.0594 e. The third-order valence-electron chi connectivity index (χ3n) is 2.15. The summed E-state index contributed by atoms with van der Waals surface area (Å²) >= 11 is 0. The molecule has 1 aromatic rings. The van der Waals surface area contributed by atoms with Crippen LogP contribution in [0.2, 0.25) is 0 Å². The fourth-order valence-corrected chi connectivity index (χ4v) is 1.20. The SMILES string of the molecule is CC.Cc1ccc(CCC(C)(C)O)cc1. The summed E-state index contributed by atoms with van der Waals surface area (Å²) in [5.74, 6) is 0. The average Bonchev–Trinajstić information content (AvgIpc) is 2.19. The van der Waals surface area contributed by atoms with Crippen LogP contribution in [0.5, 0.6) is 0 Å². The lowest BCUT2D eigenvalue weighted by Gasteiger charge is -2.16. The van der Waals surface area contributed by atoms with Gasteiger partial charge < -0.3 is 5.11 Å². The molecule has 1 aromatic carbocycles. The minimum Gasteiger partial charge on any atom is -0.390 e. The largest absolute Gasteiger partial charge is 0.390 e. The molecule has 0 heterocycles. The van der Waals surface area contributed by atoms with Gasteiger partial charge in [-0.15, -0.1) is 0 Å². The molecule has 1 heteroatoms. The van der Waals surface area contributed by atoms with Gasteiger partial charge >= 0.3 is 0 Å². The van der Waals surface area contributed by atoms with Crippen LogP contribution in [0.3, 0.4) is 0 Å². The van der Waals surface area contributed by atoms with Gasteiger partial charge in [0.25, 0.3) is 0 Å². The molecule has 86 valence electrons. The predicted octanol–water partition coefficient (Wildman–Crippen LogP) is 3.72. The van der Waals surface area contributed by atoms with Crippen molar-refractivity contribution in [2.24, 2.45) is 0 Å². The molecule has 0 amide bonds. The minimum absolute atomic E-state index is 0.551. The minimum atomic E-state index is -0.551. The maximum absolute atomic E-state index is 9.53. The van der Waals surface area contributed by atoms with Crippen LogP contribution < -0.4 is 0 Å². The van der Waals surface area contributed by atoms with Gasteiger partial charge in [0.05, 0.1) is 5.60 Å². The number of hydrogen-bond donors (Lipinski definition) is 1. The Bertz CT molecular complexity index is 254. The molecule has 0 bridgehead atoms. The first-order chi connectivity index (χ1) is 6.97. The average molecular weight is 208 g/mol. The Morgan fingerprint density at radius 1 is 1.07 bits per heavy atom. The van der Waals surface area contributed by atoms with Gasteiger partial charge in [0.15, 0.2) is 0 Å². The summed E-state index contributed by atoms with van der Waals surface area (Å²) in [6, 6.07) is 8.47. The molecule has 0 saturated heterocycles. The maximum Gasteiger partial charge on any atom is 0.0594 e. The lowest BCUT2D eigenvalue weighted by atomic mass is 9.98. The molecule has 0 unspecified atom stereocenters. The molecule has 0 aliphatic heterocycles. The third-order valence-corrected chi connectivity index (χ3v) is 2.15. The van der Waals surface area contributed by atoms with Crippen LogP contribution in [0.25, 0.3) is 0 Å². The molecule has 0 spiro atoms. The fraction of sp³-hybridized carbons (Fsp3) is 0.571. The van der Waals surface area contributed by atoms with Gasteiger partial charge in [0, 0.05) is 0 Å². The van der Waals surface area contributed by atoms with Crippen LogP contribution in [0, 0.1) is 6.92 Å². The first kappa shape index (κ1) is 14.2. The summed E-state index contributed by atoms with van der Waals surface area (Å²) in [4.78, 5) is 0. The highest BCUT2D eigenvalue weighted by molar-refractivity contribution is 5.21. The van der Waals surface area contributed by atoms with E-state index in [0.717, 1.165) is 12.8 Å². The van der Waals surface area contributed by atoms with Crippen LogP contribution in [-0.4, -0.2) is 10.7 Å². The second-order valence-corrected chi connectivity index (χ2v) is 4.30. The molecule has 15 heavy (non-hydrogen) atoms. The number of aryl methyl sites for hydroxylation is 2. The van der Waals surface area contributed by atoms with Gasteiger partial charge in [-0.2, -0.15) is 0 Å². The highest BCUT2D eigenvalue weighted by Gasteiger charge is 2.11. The molecule has 0 radical (unpaired) electrons. The van der Waals surface area contributed by atoms with E-state index in [9.17, 15) is 5.11 Å². The zero-order valence-electron chi connectivity index (χ0n) is 10.7. The topological polar surface area (TPSA) is 20.2 Å². The lowest BCUT2D eigenvalue weighted by Crippen LogP contribution is -2.19. The fourth-order valence-electron chi connectivity index (χ4n) is 1.20. The number of benzene rings is 1. The van der Waals surface area contributed by atoms with Gasteiger partial charge in [-0.1, -0.05) is 43.7 Å². The van der Waals surface area contributed by atoms with Gasteiger partial charge in [0.1, 0.15) is 0 Å². The van der Waals surface area contributed by atoms with Crippen molar-refractivity contribution in [1.82, 2.24) is 0 Å². The summed E-state index contributed by atoms with van der Waals surface area (Å²) in [5, 5.41) is 9.53. The van der Waals surface area contributed by atoms with Crippen LogP contribution in [0.4, 0.5) is 0 Å². The van der Waals surface area contributed by atoms with Gasteiger partial charge in [-0.3, -0.25) is 0 Å². The van der Waals surface area contributed by atoms with E-state index in [1.165, 1.54) is 11.1 Å². The van der Waals surface area contributed by atoms with Crippen LogP contribution in [0.15, 0.2) is 24.3 Å². The van der Waals surface area contributed by atoms with Crippen LogP contribution >= 0.6 is 0 Å². The Balaban J connectivity index is 0.000000921. The second kappa shape index (κ2) is 6.62. The number of aliphatic hydroxyl groups is 1. The lowest BCUT2D eigenvalue weighted by molar-refractivity contribution is 0.0714. The Morgan fingerprint density at radius 3 is 1.93 bits per heavy atom. The van der Waals surface area contributed by atoms with Crippen molar-refractivity contribution in [2.45, 2.75) is 53.1 Å². The Kier molecular flexibility index (Phi) is 6.26. The molecular weight excluding hydrogens is 184 g/mol. The standard InChI is InChI=1S/C12H18O.C2H6/c1-10-4-6-11(7-5-10)8-9-12(2,3)13;1-2/h4-7,13H,8-9H2,1-3H3;1-2H3. The van der Waals surface area contributed by atoms with E-state index in [0.29, 0.717) is 0 Å². The van der Waals surface area contributed by atoms with E-state index in [-0.39, 0.29) is 0 Å². The summed E-state index contributed by atoms with van der Waals surface area (Å²) in [5.41, 5.74) is 2.03. The van der Waals surface area contributed by atoms with Crippen molar-refractivity contribution in [3.63, 3.8) is 0 Å². The van der Waals surface area contributed by atoms with E-state index in [1.807, 2.05) is 27.7 Å². The molecule has 0 saturated carbocycles. The summed E-state index contributed by atoms with van der Waals surface area (Å²) < 4.78 is 0. The van der Waals surface area contributed by atoms with E-state index in [2.05, 4.69) is 31.2 Å². The number of hydrogen-bond acceptors (Lipinski definition) is 1. The van der Waals surface area contributed by atoms with E-state index in [4.69, 9.17) is 0 Å². The monoisotopic (exact) mass is 208 g/mol. The van der Waals surface area contributed by atoms with E-state index >= 15 is 0 Å². The molecule has 0 fully saturated rings. The predicted molar refractivity (Wildman–Crippen MR) is 67.1 cm³/mol. The van der Waals surface area contributed by atoms with Gasteiger partial charge in [0.2, 0.25) is 0 Å². The third kappa shape index (κ3) is 7.15. The molecular formula is C14H24O. The van der Waals surface area contributed by atoms with Crippen molar-refractivity contribution < 1.29 is 5.11 Å². The highest BCUT2D eigenvalue weighted by Crippen LogP contribution is 2.13. The maximum atomic E-state index is 9.53. The molecule has 0 aliphatic rings. The van der Waals surface area contributed by atoms with Crippen molar-refractivity contribution >= 4 is 0 Å². The molecule has 1 N–H and O–H groups in total. The molecule has 1 nitrogen and oxygen atoms in total. The van der Waals surface area contributed by atoms with E-state index < -0.39 is 5.60 Å². The summed E-state index contributed by atoms with van der Waals surface area (Å²) in [6.07, 6.45) is 1.76. The Labute approximate surface area is 94.2 Å². The zero-order chi connectivity index (χ0) is 11.9. The van der Waals surface area contributed by atoms with Gasteiger partial charge in [-0.25, -0.2) is 0 Å². The van der Waals surface area contributed by atoms with Crippen molar-refractivity contribution in [3.8, 4) is 0 Å². The summed E-state index contributed by atoms with van der Waals surface area (Å²) in [6.45, 7) is 9.78. The zero-order valence-corrected chi connectivity index (χ0v) is 10.7. The Morgan fingerprint density at radius 2 is 1.53 bits per heavy atom. The number of rotatable bonds is 3. The second-order valence-electron chi connectivity index (χ2n) is 4.30. The van der Waals surface area contributed by atoms with Crippen molar-refractivity contribution in [1.29, 1.82) is 0 Å². The normalized spacial score (nSPS) is 10.5. The first-order valence-electron chi connectivity index (χ1n) is 5.75. The molecule has 0 atom stereocenters. The van der Waals surface area contributed by atoms with E-state index in [1.54, 1.807) is 0 Å². The van der Waals surface area contributed by atoms with Gasteiger partial charge in [-0.05, 0) is 39.2 Å². The van der Waals surface area contributed by atoms with Crippen LogP contribution in [-0.2, 0) is 6.42 Å². The molecule has 1 rings (SSSR count). The summed E-state index contributed by atoms with van der Waals surface area (Å²) in [7, 11) is 0. The first-order valence-corrected chi connectivity index (χ1v) is 5.75. The van der Waals surface area contributed by atoms with Crippen molar-refractivity contribution in [2.75, 3.05) is 0 Å².